The molecule has 0 bridgehead atoms. The Kier molecular flexibility index (Phi) is 4.41. The molecule has 0 fully saturated rings. The van der Waals surface area contributed by atoms with Gasteiger partial charge in [0.05, 0.1) is 11.1 Å². The molecule has 1 unspecified atom stereocenters. The predicted octanol–water partition coefficient (Wildman–Crippen LogP) is 3.82. The Labute approximate surface area is 152 Å². The first-order valence-electron chi connectivity index (χ1n) is 8.05. The smallest absolute Gasteiger partial charge is 0.250 e. The van der Waals surface area contributed by atoms with Crippen molar-refractivity contribution < 1.29 is 17.9 Å². The molecule has 1 atom stereocenters. The molecule has 0 aliphatic heterocycles. The number of hydrogen-bond donors (Lipinski definition) is 0. The van der Waals surface area contributed by atoms with Gasteiger partial charge in [0.2, 0.25) is 5.89 Å². The third-order valence-electron chi connectivity index (χ3n) is 3.80. The molecular weight excluding hydrogens is 356 g/mol. The van der Waals surface area contributed by atoms with Crippen LogP contribution in [0.3, 0.4) is 0 Å². The lowest BCUT2D eigenvalue weighted by Crippen LogP contribution is -2.02. The van der Waals surface area contributed by atoms with Crippen LogP contribution in [0.4, 0.5) is 8.78 Å². The van der Waals surface area contributed by atoms with Crippen molar-refractivity contribution in [3.05, 3.63) is 60.4 Å². The first-order valence-corrected chi connectivity index (χ1v) is 8.05. The second kappa shape index (κ2) is 7.02. The molecule has 136 valence electrons. The number of nitrogens with zero attached hydrogens (tertiary/aromatic N) is 5. The Bertz CT molecular complexity index is 1100. The van der Waals surface area contributed by atoms with Crippen molar-refractivity contribution in [2.24, 2.45) is 0 Å². The Morgan fingerprint density at radius 2 is 2.04 bits per heavy atom. The molecule has 3 aromatic heterocycles. The molecule has 9 heteroatoms. The fourth-order valence-corrected chi connectivity index (χ4v) is 2.41. The minimum atomic E-state index is -1.40. The molecule has 0 saturated heterocycles. The van der Waals surface area contributed by atoms with Gasteiger partial charge in [0.15, 0.2) is 6.17 Å². The van der Waals surface area contributed by atoms with Gasteiger partial charge < -0.3 is 9.15 Å². The van der Waals surface area contributed by atoms with E-state index in [0.29, 0.717) is 5.75 Å². The van der Waals surface area contributed by atoms with E-state index in [1.54, 1.807) is 24.4 Å². The van der Waals surface area contributed by atoms with Gasteiger partial charge in [0.1, 0.15) is 30.2 Å². The average Bonchev–Trinajstić information content (AvgIpc) is 3.17. The zero-order valence-corrected chi connectivity index (χ0v) is 14.1. The van der Waals surface area contributed by atoms with E-state index in [1.807, 2.05) is 0 Å². The zero-order chi connectivity index (χ0) is 18.8. The summed E-state index contributed by atoms with van der Waals surface area (Å²) in [6.45, 7) is 1.21. The monoisotopic (exact) mass is 369 g/mol. The molecule has 0 spiro atoms. The SMILES string of the molecule is CC(F)c1nnc(-c2cnc(COc3ccc4ncncc4c3)c(F)c2)o1. The van der Waals surface area contributed by atoms with E-state index >= 15 is 0 Å². The van der Waals surface area contributed by atoms with Gasteiger partial charge in [-0.05, 0) is 31.2 Å². The minimum absolute atomic E-state index is 0.00268. The Morgan fingerprint density at radius 3 is 2.81 bits per heavy atom. The summed E-state index contributed by atoms with van der Waals surface area (Å²) in [6, 6.07) is 6.48. The van der Waals surface area contributed by atoms with Gasteiger partial charge in [-0.1, -0.05) is 0 Å². The van der Waals surface area contributed by atoms with Gasteiger partial charge >= 0.3 is 0 Å². The molecule has 3 heterocycles. The highest BCUT2D eigenvalue weighted by molar-refractivity contribution is 5.78. The van der Waals surface area contributed by atoms with Crippen LogP contribution >= 0.6 is 0 Å². The summed E-state index contributed by atoms with van der Waals surface area (Å²) < 4.78 is 38.2. The van der Waals surface area contributed by atoms with Crippen LogP contribution in [0.5, 0.6) is 5.75 Å². The summed E-state index contributed by atoms with van der Waals surface area (Å²) in [6.07, 6.45) is 3.10. The summed E-state index contributed by atoms with van der Waals surface area (Å²) in [5.74, 6) is -0.216. The van der Waals surface area contributed by atoms with Crippen LogP contribution in [0, 0.1) is 5.82 Å². The van der Waals surface area contributed by atoms with Crippen molar-refractivity contribution in [1.29, 1.82) is 0 Å². The topological polar surface area (TPSA) is 86.8 Å². The van der Waals surface area contributed by atoms with Crippen LogP contribution in [-0.2, 0) is 6.61 Å². The first-order chi connectivity index (χ1) is 13.1. The maximum Gasteiger partial charge on any atom is 0.250 e. The summed E-state index contributed by atoms with van der Waals surface area (Å²) in [7, 11) is 0. The molecule has 0 amide bonds. The summed E-state index contributed by atoms with van der Waals surface area (Å²) in [4.78, 5) is 12.1. The lowest BCUT2D eigenvalue weighted by molar-refractivity contribution is 0.294. The van der Waals surface area contributed by atoms with Crippen LogP contribution in [0.1, 0.15) is 24.7 Å². The van der Waals surface area contributed by atoms with E-state index in [4.69, 9.17) is 9.15 Å². The number of pyridine rings is 1. The van der Waals surface area contributed by atoms with Gasteiger partial charge in [-0.3, -0.25) is 4.98 Å². The first kappa shape index (κ1) is 17.0. The van der Waals surface area contributed by atoms with E-state index in [2.05, 4.69) is 25.1 Å². The largest absolute Gasteiger partial charge is 0.487 e. The number of hydrogen-bond acceptors (Lipinski definition) is 7. The highest BCUT2D eigenvalue weighted by Crippen LogP contribution is 2.24. The van der Waals surface area contributed by atoms with Crippen molar-refractivity contribution in [3.8, 4) is 17.2 Å². The highest BCUT2D eigenvalue weighted by atomic mass is 19.1. The average molecular weight is 369 g/mol. The molecule has 27 heavy (non-hydrogen) atoms. The zero-order valence-electron chi connectivity index (χ0n) is 14.1. The van der Waals surface area contributed by atoms with Crippen LogP contribution in [0.25, 0.3) is 22.4 Å². The van der Waals surface area contributed by atoms with E-state index in [-0.39, 0.29) is 29.6 Å². The van der Waals surface area contributed by atoms with Crippen LogP contribution in [0.15, 0.2) is 47.4 Å². The number of benzene rings is 1. The quantitative estimate of drug-likeness (QED) is 0.528. The molecule has 1 aromatic carbocycles. The number of rotatable bonds is 5. The fraction of sp³-hybridized carbons (Fsp3) is 0.167. The van der Waals surface area contributed by atoms with Crippen LogP contribution in [0.2, 0.25) is 0 Å². The Morgan fingerprint density at radius 1 is 1.15 bits per heavy atom. The maximum atomic E-state index is 14.3. The fourth-order valence-electron chi connectivity index (χ4n) is 2.41. The van der Waals surface area contributed by atoms with E-state index < -0.39 is 12.0 Å². The molecule has 0 radical (unpaired) electrons. The van der Waals surface area contributed by atoms with E-state index in [0.717, 1.165) is 10.9 Å². The van der Waals surface area contributed by atoms with Crippen molar-refractivity contribution in [1.82, 2.24) is 25.1 Å². The van der Waals surface area contributed by atoms with Crippen molar-refractivity contribution >= 4 is 10.9 Å². The van der Waals surface area contributed by atoms with Gasteiger partial charge in [-0.25, -0.2) is 18.7 Å². The van der Waals surface area contributed by atoms with E-state index in [1.165, 1.54) is 25.5 Å². The maximum absolute atomic E-state index is 14.3. The molecule has 4 aromatic rings. The summed E-state index contributed by atoms with van der Waals surface area (Å²) in [5.41, 5.74) is 1.16. The molecular formula is C18H13F2N5O2. The molecule has 4 rings (SSSR count). The molecule has 7 nitrogen and oxygen atoms in total. The van der Waals surface area contributed by atoms with Gasteiger partial charge in [-0.2, -0.15) is 0 Å². The predicted molar refractivity (Wildman–Crippen MR) is 90.9 cm³/mol. The standard InChI is InChI=1S/C18H13F2N5O2/c1-10(19)17-24-25-18(27-17)12-5-14(20)16(22-7-12)8-26-13-2-3-15-11(4-13)6-21-9-23-15/h2-7,9-10H,8H2,1H3. The molecule has 0 N–H and O–H groups in total. The lowest BCUT2D eigenvalue weighted by atomic mass is 10.2. The highest BCUT2D eigenvalue weighted by Gasteiger charge is 2.16. The number of halogens is 2. The third kappa shape index (κ3) is 3.57. The molecule has 0 aliphatic carbocycles. The van der Waals surface area contributed by atoms with Crippen LogP contribution in [-0.4, -0.2) is 25.1 Å². The molecule has 0 aliphatic rings. The summed E-state index contributed by atoms with van der Waals surface area (Å²) in [5, 5.41) is 8.08. The number of aromatic nitrogens is 5. The minimum Gasteiger partial charge on any atom is -0.487 e. The lowest BCUT2D eigenvalue weighted by Gasteiger charge is -2.08. The van der Waals surface area contributed by atoms with Crippen molar-refractivity contribution in [3.63, 3.8) is 0 Å². The Hall–Kier alpha value is -3.49. The summed E-state index contributed by atoms with van der Waals surface area (Å²) >= 11 is 0. The Balaban J connectivity index is 1.50. The van der Waals surface area contributed by atoms with E-state index in [9.17, 15) is 8.78 Å². The van der Waals surface area contributed by atoms with Crippen LogP contribution < -0.4 is 4.74 Å². The normalized spacial score (nSPS) is 12.3. The van der Waals surface area contributed by atoms with Gasteiger partial charge in [-0.15, -0.1) is 10.2 Å². The van der Waals surface area contributed by atoms with Gasteiger partial charge in [0.25, 0.3) is 5.89 Å². The molecule has 0 saturated carbocycles. The number of alkyl halides is 1. The number of fused-ring (bicyclic) bond motifs is 1. The second-order valence-electron chi connectivity index (χ2n) is 5.75. The van der Waals surface area contributed by atoms with Crippen molar-refractivity contribution in [2.45, 2.75) is 19.7 Å². The third-order valence-corrected chi connectivity index (χ3v) is 3.80. The van der Waals surface area contributed by atoms with Gasteiger partial charge in [0, 0.05) is 17.8 Å². The van der Waals surface area contributed by atoms with Crippen molar-refractivity contribution in [2.75, 3.05) is 0 Å². The number of ether oxygens (including phenoxy) is 1. The second-order valence-corrected chi connectivity index (χ2v) is 5.75.